The van der Waals surface area contributed by atoms with Crippen LogP contribution >= 0.6 is 0 Å². The average molecular weight is 514 g/mol. The van der Waals surface area contributed by atoms with Gasteiger partial charge in [-0.2, -0.15) is 0 Å². The molecule has 0 bridgehead atoms. The number of halogens is 2. The summed E-state index contributed by atoms with van der Waals surface area (Å²) in [4.78, 5) is 0. The summed E-state index contributed by atoms with van der Waals surface area (Å²) in [6.45, 7) is 6.73. The number of pyridine rings is 2. The molecule has 0 aromatic carbocycles. The van der Waals surface area contributed by atoms with Crippen LogP contribution in [-0.4, -0.2) is 0 Å². The molecule has 2 rings (SSSR count). The number of hydrogen-bond donors (Lipinski definition) is 0. The maximum atomic E-state index is 2.37. The molecule has 28 heavy (non-hydrogen) atoms. The molecule has 0 aliphatic heterocycles. The van der Waals surface area contributed by atoms with E-state index in [-0.39, 0.29) is 34.0 Å². The van der Waals surface area contributed by atoms with Crippen molar-refractivity contribution >= 4 is 0 Å². The molecule has 0 aliphatic rings. The van der Waals surface area contributed by atoms with Gasteiger partial charge in [-0.3, -0.25) is 0 Å². The van der Waals surface area contributed by atoms with Gasteiger partial charge in [-0.25, -0.2) is 9.13 Å². The van der Waals surface area contributed by atoms with E-state index >= 15 is 0 Å². The molecule has 0 unspecified atom stereocenters. The van der Waals surface area contributed by atoms with E-state index in [1.165, 1.54) is 88.7 Å². The molecule has 2 aromatic heterocycles. The standard InChI is InChI=1S/C24H38N2.2BrH/c1-23-17-11-15-21-25(23)19-13-9-7-5-3-4-6-8-10-14-20-26-22-16-12-18-24(26)2;;/h11-12,15-18,21-22H,3-10,13-14,19-20H2,1-2H3;2*1H/q+2;;/p-2. The Bertz CT molecular complexity index is 576. The summed E-state index contributed by atoms with van der Waals surface area (Å²) in [7, 11) is 0. The van der Waals surface area contributed by atoms with Crippen LogP contribution in [0, 0.1) is 13.8 Å². The van der Waals surface area contributed by atoms with E-state index in [1.807, 2.05) is 0 Å². The first-order valence-electron chi connectivity index (χ1n) is 10.7. The van der Waals surface area contributed by atoms with Gasteiger partial charge in [0.25, 0.3) is 0 Å². The third-order valence-electron chi connectivity index (χ3n) is 5.38. The van der Waals surface area contributed by atoms with Crippen LogP contribution in [0.2, 0.25) is 0 Å². The third-order valence-corrected chi connectivity index (χ3v) is 5.38. The largest absolute Gasteiger partial charge is 1.00 e. The van der Waals surface area contributed by atoms with Gasteiger partial charge in [0.2, 0.25) is 0 Å². The number of hydrogen-bond acceptors (Lipinski definition) is 0. The number of nitrogens with zero attached hydrogens (tertiary/aromatic N) is 2. The maximum Gasteiger partial charge on any atom is 0.178 e. The van der Waals surface area contributed by atoms with E-state index in [1.54, 1.807) is 0 Å². The third kappa shape index (κ3) is 11.3. The summed E-state index contributed by atoms with van der Waals surface area (Å²) in [5, 5.41) is 0. The van der Waals surface area contributed by atoms with Gasteiger partial charge >= 0.3 is 0 Å². The molecule has 0 saturated heterocycles. The molecule has 2 heterocycles. The normalized spacial score (nSPS) is 10.2. The molecule has 0 spiro atoms. The second kappa shape index (κ2) is 17.1. The fourth-order valence-electron chi connectivity index (χ4n) is 3.60. The average Bonchev–Trinajstić information content (AvgIpc) is 2.65. The molecule has 0 radical (unpaired) electrons. The molecule has 0 amide bonds. The molecule has 0 fully saturated rings. The molecule has 0 aliphatic carbocycles. The van der Waals surface area contributed by atoms with Gasteiger partial charge in [0.05, 0.1) is 0 Å². The lowest BCUT2D eigenvalue weighted by Crippen LogP contribution is -3.00. The van der Waals surface area contributed by atoms with Crippen molar-refractivity contribution in [1.29, 1.82) is 0 Å². The predicted octanol–water partition coefficient (Wildman–Crippen LogP) is -0.512. The van der Waals surface area contributed by atoms with E-state index in [4.69, 9.17) is 0 Å². The predicted molar refractivity (Wildman–Crippen MR) is 109 cm³/mol. The highest BCUT2D eigenvalue weighted by Gasteiger charge is 2.04. The quantitative estimate of drug-likeness (QED) is 0.252. The molecular formula is C24H38Br2N2. The Morgan fingerprint density at radius 3 is 1.14 bits per heavy atom. The van der Waals surface area contributed by atoms with Gasteiger partial charge in [0, 0.05) is 51.0 Å². The van der Waals surface area contributed by atoms with Crippen LogP contribution in [0.4, 0.5) is 0 Å². The van der Waals surface area contributed by atoms with Crippen LogP contribution in [-0.2, 0) is 13.1 Å². The summed E-state index contributed by atoms with van der Waals surface area (Å²) in [5.74, 6) is 0. The lowest BCUT2D eigenvalue weighted by molar-refractivity contribution is -0.703. The number of aromatic nitrogens is 2. The van der Waals surface area contributed by atoms with E-state index in [9.17, 15) is 0 Å². The molecule has 2 nitrogen and oxygen atoms in total. The Labute approximate surface area is 193 Å². The minimum Gasteiger partial charge on any atom is -1.00 e. The fourth-order valence-corrected chi connectivity index (χ4v) is 3.60. The van der Waals surface area contributed by atoms with Crippen LogP contribution in [0.3, 0.4) is 0 Å². The van der Waals surface area contributed by atoms with E-state index < -0.39 is 0 Å². The number of rotatable bonds is 13. The highest BCUT2D eigenvalue weighted by atomic mass is 79.9. The summed E-state index contributed by atoms with van der Waals surface area (Å²) >= 11 is 0. The van der Waals surface area contributed by atoms with Gasteiger partial charge in [0.1, 0.15) is 13.1 Å². The Morgan fingerprint density at radius 2 is 0.821 bits per heavy atom. The van der Waals surface area contributed by atoms with Gasteiger partial charge in [0.15, 0.2) is 23.8 Å². The topological polar surface area (TPSA) is 7.76 Å². The van der Waals surface area contributed by atoms with Gasteiger partial charge in [-0.05, 0) is 12.8 Å². The van der Waals surface area contributed by atoms with Crippen molar-refractivity contribution in [3.63, 3.8) is 0 Å². The van der Waals surface area contributed by atoms with E-state index in [0.29, 0.717) is 0 Å². The molecule has 0 atom stereocenters. The first kappa shape index (κ1) is 27.3. The summed E-state index contributed by atoms with van der Waals surface area (Å²) in [5.41, 5.74) is 2.74. The zero-order chi connectivity index (χ0) is 18.5. The summed E-state index contributed by atoms with van der Waals surface area (Å²) in [6, 6.07) is 12.9. The van der Waals surface area contributed by atoms with Gasteiger partial charge in [-0.1, -0.05) is 50.7 Å². The zero-order valence-electron chi connectivity index (χ0n) is 17.8. The zero-order valence-corrected chi connectivity index (χ0v) is 20.9. The first-order chi connectivity index (χ1) is 12.8. The van der Waals surface area contributed by atoms with Crippen molar-refractivity contribution in [3.8, 4) is 0 Å². The minimum atomic E-state index is 0. The Hall–Kier alpha value is -0.740. The van der Waals surface area contributed by atoms with Crippen molar-refractivity contribution in [2.24, 2.45) is 0 Å². The first-order valence-corrected chi connectivity index (χ1v) is 10.7. The smallest absolute Gasteiger partial charge is 0.178 e. The second-order valence-electron chi connectivity index (χ2n) is 7.61. The number of unbranched alkanes of at least 4 members (excludes halogenated alkanes) is 9. The van der Waals surface area contributed by atoms with E-state index in [0.717, 1.165) is 0 Å². The van der Waals surface area contributed by atoms with Gasteiger partial charge in [-0.15, -0.1) is 0 Å². The molecule has 4 heteroatoms. The Kier molecular flexibility index (Phi) is 16.7. The Balaban J connectivity index is 0.00000364. The van der Waals surface area contributed by atoms with Crippen molar-refractivity contribution in [1.82, 2.24) is 0 Å². The minimum absolute atomic E-state index is 0. The monoisotopic (exact) mass is 512 g/mol. The SMILES string of the molecule is Cc1cccc[n+]1CCCCCCCCCCCC[n+]1ccccc1C.[Br-].[Br-]. The van der Waals surface area contributed by atoms with Crippen LogP contribution in [0.15, 0.2) is 48.8 Å². The van der Waals surface area contributed by atoms with Crippen molar-refractivity contribution in [2.75, 3.05) is 0 Å². The molecular weight excluding hydrogens is 476 g/mol. The lowest BCUT2D eigenvalue weighted by atomic mass is 10.1. The molecule has 158 valence electrons. The molecule has 0 N–H and O–H groups in total. The summed E-state index contributed by atoms with van der Waals surface area (Å²) < 4.78 is 4.74. The van der Waals surface area contributed by atoms with Crippen LogP contribution in [0.5, 0.6) is 0 Å². The van der Waals surface area contributed by atoms with Crippen molar-refractivity contribution < 1.29 is 43.1 Å². The fraction of sp³-hybridized carbons (Fsp3) is 0.583. The number of aryl methyl sites for hydroxylation is 4. The Morgan fingerprint density at radius 1 is 0.500 bits per heavy atom. The summed E-state index contributed by atoms with van der Waals surface area (Å²) in [6.07, 6.45) is 18.2. The van der Waals surface area contributed by atoms with Crippen molar-refractivity contribution in [3.05, 3.63) is 60.2 Å². The van der Waals surface area contributed by atoms with Gasteiger partial charge < -0.3 is 34.0 Å². The van der Waals surface area contributed by atoms with Crippen LogP contribution in [0.1, 0.15) is 75.6 Å². The maximum absolute atomic E-state index is 2.37. The van der Waals surface area contributed by atoms with Crippen LogP contribution < -0.4 is 43.1 Å². The molecule has 0 saturated carbocycles. The van der Waals surface area contributed by atoms with E-state index in [2.05, 4.69) is 71.8 Å². The highest BCUT2D eigenvalue weighted by molar-refractivity contribution is 4.94. The van der Waals surface area contributed by atoms with Crippen LogP contribution in [0.25, 0.3) is 0 Å². The lowest BCUT2D eigenvalue weighted by Gasteiger charge is -2.03. The second-order valence-corrected chi connectivity index (χ2v) is 7.61. The highest BCUT2D eigenvalue weighted by Crippen LogP contribution is 2.10. The van der Waals surface area contributed by atoms with Crippen molar-refractivity contribution in [2.45, 2.75) is 91.1 Å². The molecule has 2 aromatic rings.